The van der Waals surface area contributed by atoms with Crippen LogP contribution in [0.3, 0.4) is 0 Å². The molecule has 1 saturated carbocycles. The lowest BCUT2D eigenvalue weighted by molar-refractivity contribution is -0.371. The first-order valence-electron chi connectivity index (χ1n) is 5.76. The van der Waals surface area contributed by atoms with Crippen molar-refractivity contribution in [1.29, 1.82) is 0 Å². The van der Waals surface area contributed by atoms with E-state index in [9.17, 15) is 9.59 Å². The van der Waals surface area contributed by atoms with Gasteiger partial charge in [-0.3, -0.25) is 4.79 Å². The Kier molecular flexibility index (Phi) is 2.26. The number of aromatic amines is 1. The van der Waals surface area contributed by atoms with Crippen LogP contribution in [0.15, 0.2) is 15.4 Å². The molecular weight excluding hydrogens is 236 g/mol. The molecule has 1 N–H and O–H groups in total. The first-order chi connectivity index (χ1) is 8.61. The second-order valence-corrected chi connectivity index (χ2v) is 4.50. The Morgan fingerprint density at radius 1 is 1.56 bits per heavy atom. The van der Waals surface area contributed by atoms with E-state index in [-0.39, 0.29) is 16.5 Å². The van der Waals surface area contributed by atoms with E-state index in [1.54, 1.807) is 6.07 Å². The summed E-state index contributed by atoms with van der Waals surface area (Å²) in [6, 6.07) is 1.70. The minimum atomic E-state index is -0.519. The van der Waals surface area contributed by atoms with Crippen molar-refractivity contribution in [3.05, 3.63) is 27.7 Å². The minimum Gasteiger partial charge on any atom is -0.465 e. The summed E-state index contributed by atoms with van der Waals surface area (Å²) in [5, 5.41) is 0.244. The summed E-state index contributed by atoms with van der Waals surface area (Å²) in [4.78, 5) is 26.7. The molecule has 6 nitrogen and oxygen atoms in total. The number of esters is 1. The fraction of sp³-hybridized carbons (Fsp3) is 0.417. The highest BCUT2D eigenvalue weighted by molar-refractivity contribution is 6.01. The summed E-state index contributed by atoms with van der Waals surface area (Å²) in [7, 11) is 2.81. The summed E-state index contributed by atoms with van der Waals surface area (Å²) in [5.41, 5.74) is 1.16. The molecule has 2 heterocycles. The van der Waals surface area contributed by atoms with E-state index in [1.165, 1.54) is 14.2 Å². The van der Waals surface area contributed by atoms with E-state index in [0.717, 1.165) is 23.3 Å². The molecule has 0 aliphatic heterocycles. The number of nitrogens with zero attached hydrogens (tertiary/aromatic N) is 1. The van der Waals surface area contributed by atoms with Crippen molar-refractivity contribution in [2.75, 3.05) is 7.11 Å². The number of hydrogen-bond donors (Lipinski definition) is 0. The van der Waals surface area contributed by atoms with Gasteiger partial charge in [0, 0.05) is 19.0 Å². The summed E-state index contributed by atoms with van der Waals surface area (Å²) in [5.74, 6) is -0.0993. The van der Waals surface area contributed by atoms with E-state index in [2.05, 4.69) is 4.98 Å². The number of ether oxygens (including phenoxy) is 1. The number of carbonyl (C=O) groups is 1. The molecule has 0 amide bonds. The fourth-order valence-electron chi connectivity index (χ4n) is 2.08. The van der Waals surface area contributed by atoms with Crippen molar-refractivity contribution >= 4 is 17.1 Å². The quantitative estimate of drug-likeness (QED) is 0.731. The molecular formula is C12H13N2O4+. The van der Waals surface area contributed by atoms with Crippen LogP contribution in [0.2, 0.25) is 0 Å². The predicted octanol–water partition coefficient (Wildman–Crippen LogP) is 0.610. The zero-order valence-corrected chi connectivity index (χ0v) is 10.1. The van der Waals surface area contributed by atoms with E-state index < -0.39 is 5.97 Å². The van der Waals surface area contributed by atoms with Gasteiger partial charge in [-0.15, -0.1) is 0 Å². The molecule has 3 rings (SSSR count). The van der Waals surface area contributed by atoms with Crippen LogP contribution >= 0.6 is 0 Å². The normalized spacial score (nSPS) is 15.0. The summed E-state index contributed by atoms with van der Waals surface area (Å²) in [6.45, 7) is 0. The van der Waals surface area contributed by atoms with Crippen molar-refractivity contribution in [2.45, 2.75) is 18.8 Å². The topological polar surface area (TPSA) is 75.6 Å². The molecule has 1 fully saturated rings. The number of methoxy groups -OCH3 is 1. The molecule has 0 unspecified atom stereocenters. The fourth-order valence-corrected chi connectivity index (χ4v) is 2.08. The van der Waals surface area contributed by atoms with Crippen LogP contribution in [-0.4, -0.2) is 17.8 Å². The van der Waals surface area contributed by atoms with Crippen LogP contribution in [-0.2, 0) is 11.8 Å². The molecule has 1 aliphatic rings. The third-order valence-electron chi connectivity index (χ3n) is 3.20. The molecule has 0 spiro atoms. The molecule has 0 atom stereocenters. The van der Waals surface area contributed by atoms with Crippen LogP contribution < -0.4 is 10.5 Å². The van der Waals surface area contributed by atoms with Gasteiger partial charge >= 0.3 is 11.7 Å². The van der Waals surface area contributed by atoms with Gasteiger partial charge in [0.1, 0.15) is 0 Å². The van der Waals surface area contributed by atoms with Gasteiger partial charge in [-0.05, 0) is 12.8 Å². The van der Waals surface area contributed by atoms with Crippen LogP contribution in [0, 0.1) is 0 Å². The first kappa shape index (κ1) is 11.0. The number of aromatic nitrogens is 2. The van der Waals surface area contributed by atoms with Gasteiger partial charge in [0.05, 0.1) is 12.7 Å². The number of nitrogens with one attached hydrogen (secondary N) is 1. The van der Waals surface area contributed by atoms with Crippen molar-refractivity contribution in [2.24, 2.45) is 7.05 Å². The molecule has 0 radical (unpaired) electrons. The van der Waals surface area contributed by atoms with Gasteiger partial charge in [-0.2, -0.15) is 9.72 Å². The van der Waals surface area contributed by atoms with E-state index in [0.29, 0.717) is 11.6 Å². The Morgan fingerprint density at radius 2 is 2.28 bits per heavy atom. The van der Waals surface area contributed by atoms with Gasteiger partial charge in [-0.25, -0.2) is 4.79 Å². The lowest BCUT2D eigenvalue weighted by atomic mass is 10.1. The lowest BCUT2D eigenvalue weighted by Gasteiger charge is -1.98. The molecule has 0 aromatic carbocycles. The summed E-state index contributed by atoms with van der Waals surface area (Å²) in [6.07, 6.45) is 2.17. The maximum atomic E-state index is 11.9. The van der Waals surface area contributed by atoms with E-state index in [1.807, 2.05) is 0 Å². The summed E-state index contributed by atoms with van der Waals surface area (Å²) < 4.78 is 11.1. The largest absolute Gasteiger partial charge is 0.465 e. The van der Waals surface area contributed by atoms with Crippen molar-refractivity contribution in [3.63, 3.8) is 0 Å². The van der Waals surface area contributed by atoms with Crippen molar-refractivity contribution in [3.8, 4) is 0 Å². The molecule has 2 aromatic rings. The number of fused-ring (bicyclic) bond motifs is 1. The average Bonchev–Trinajstić information content (AvgIpc) is 3.16. The van der Waals surface area contributed by atoms with Crippen LogP contribution in [0.5, 0.6) is 0 Å². The molecule has 18 heavy (non-hydrogen) atoms. The van der Waals surface area contributed by atoms with Gasteiger partial charge in [0.25, 0.3) is 5.56 Å². The number of pyridine rings is 1. The smallest absolute Gasteiger partial charge is 0.405 e. The number of H-pyrrole nitrogens is 1. The highest BCUT2D eigenvalue weighted by Crippen LogP contribution is 2.38. The zero-order valence-electron chi connectivity index (χ0n) is 10.1. The number of aryl methyl sites for hydroxylation is 1. The third-order valence-corrected chi connectivity index (χ3v) is 3.20. The van der Waals surface area contributed by atoms with Crippen molar-refractivity contribution < 1.29 is 19.0 Å². The average molecular weight is 249 g/mol. The molecule has 2 aromatic heterocycles. The minimum absolute atomic E-state index is 0.244. The maximum absolute atomic E-state index is 11.9. The Hall–Kier alpha value is -2.11. The van der Waals surface area contributed by atoms with Gasteiger partial charge in [-0.1, -0.05) is 0 Å². The van der Waals surface area contributed by atoms with Gasteiger partial charge < -0.3 is 9.26 Å². The van der Waals surface area contributed by atoms with Crippen molar-refractivity contribution in [1.82, 2.24) is 4.74 Å². The molecule has 94 valence electrons. The SMILES string of the molecule is COC(=O)c1cc(C2CC2)[nH+]c2on(C)c(=O)c12. The van der Waals surface area contributed by atoms with E-state index in [4.69, 9.17) is 9.26 Å². The second-order valence-electron chi connectivity index (χ2n) is 4.50. The van der Waals surface area contributed by atoms with Crippen LogP contribution in [0.4, 0.5) is 0 Å². The lowest BCUT2D eigenvalue weighted by Crippen LogP contribution is -2.18. The molecule has 0 bridgehead atoms. The first-order valence-corrected chi connectivity index (χ1v) is 5.76. The van der Waals surface area contributed by atoms with E-state index >= 15 is 0 Å². The molecule has 1 aliphatic carbocycles. The Morgan fingerprint density at radius 3 is 2.89 bits per heavy atom. The highest BCUT2D eigenvalue weighted by atomic mass is 16.5. The molecule has 6 heteroatoms. The second kappa shape index (κ2) is 3.69. The summed E-state index contributed by atoms with van der Waals surface area (Å²) >= 11 is 0. The third kappa shape index (κ3) is 1.53. The Bertz CT molecular complexity index is 694. The Balaban J connectivity index is 2.34. The monoisotopic (exact) mass is 249 g/mol. The standard InChI is InChI=1S/C12H12N2O4/c1-14-11(15)9-7(12(16)17-2)5-8(6-3-4-6)13-10(9)18-14/h5-6H,3-4H2,1-2H3/p+1. The highest BCUT2D eigenvalue weighted by Gasteiger charge is 2.33. The number of rotatable bonds is 2. The number of carbonyl (C=O) groups excluding carboxylic acids is 1. The number of hydrogen-bond acceptors (Lipinski definition) is 4. The maximum Gasteiger partial charge on any atom is 0.405 e. The van der Waals surface area contributed by atoms with Gasteiger partial charge in [0.15, 0.2) is 11.1 Å². The predicted molar refractivity (Wildman–Crippen MR) is 61.3 cm³/mol. The Labute approximate surface area is 102 Å². The zero-order chi connectivity index (χ0) is 12.9. The molecule has 0 saturated heterocycles. The van der Waals surface area contributed by atoms with Crippen LogP contribution in [0.25, 0.3) is 11.1 Å². The van der Waals surface area contributed by atoms with Gasteiger partial charge in [0.2, 0.25) is 0 Å². The van der Waals surface area contributed by atoms with Crippen LogP contribution in [0.1, 0.15) is 34.8 Å².